The van der Waals surface area contributed by atoms with Gasteiger partial charge < -0.3 is 4.74 Å². The van der Waals surface area contributed by atoms with Gasteiger partial charge in [-0.25, -0.2) is 17.7 Å². The first-order chi connectivity index (χ1) is 9.91. The van der Waals surface area contributed by atoms with Crippen molar-refractivity contribution in [2.75, 3.05) is 14.1 Å². The molecule has 0 atom stereocenters. The van der Waals surface area contributed by atoms with E-state index in [1.165, 1.54) is 18.4 Å². The minimum absolute atomic E-state index is 0.211. The molecule has 7 heteroatoms. The maximum atomic E-state index is 12.1. The van der Waals surface area contributed by atoms with Gasteiger partial charge in [-0.15, -0.1) is 0 Å². The molecule has 0 aliphatic rings. The summed E-state index contributed by atoms with van der Waals surface area (Å²) in [6.07, 6.45) is 1.57. The third-order valence-corrected chi connectivity index (χ3v) is 4.89. The standard InChI is InChI=1S/C14H15ClN2O3S/c1-17(2)21(18,19)12-6-3-5-11(9-12)10-20-13-7-4-8-16-14(13)15/h3-9H,10H2,1-2H3. The molecule has 5 nitrogen and oxygen atoms in total. The number of halogens is 1. The van der Waals surface area contributed by atoms with Gasteiger partial charge in [-0.1, -0.05) is 23.7 Å². The molecule has 0 bridgehead atoms. The molecule has 2 aromatic rings. The van der Waals surface area contributed by atoms with Crippen molar-refractivity contribution in [3.63, 3.8) is 0 Å². The van der Waals surface area contributed by atoms with Crippen LogP contribution in [-0.2, 0) is 16.6 Å². The summed E-state index contributed by atoms with van der Waals surface area (Å²) in [6.45, 7) is 0.211. The molecule has 112 valence electrons. The van der Waals surface area contributed by atoms with Crippen molar-refractivity contribution in [1.29, 1.82) is 0 Å². The average Bonchev–Trinajstić information content (AvgIpc) is 2.46. The fourth-order valence-electron chi connectivity index (χ4n) is 1.65. The first kappa shape index (κ1) is 15.8. The van der Waals surface area contributed by atoms with Crippen LogP contribution in [0.4, 0.5) is 0 Å². The minimum atomic E-state index is -3.45. The maximum Gasteiger partial charge on any atom is 0.242 e. The van der Waals surface area contributed by atoms with Gasteiger partial charge >= 0.3 is 0 Å². The second kappa shape index (κ2) is 6.43. The van der Waals surface area contributed by atoms with Crippen molar-refractivity contribution in [2.24, 2.45) is 0 Å². The van der Waals surface area contributed by atoms with Crippen LogP contribution in [0.5, 0.6) is 5.75 Å². The van der Waals surface area contributed by atoms with Crippen molar-refractivity contribution in [2.45, 2.75) is 11.5 Å². The Kier molecular flexibility index (Phi) is 4.82. The molecule has 1 aromatic carbocycles. The Morgan fingerprint density at radius 3 is 2.67 bits per heavy atom. The van der Waals surface area contributed by atoms with Gasteiger partial charge in [0.15, 0.2) is 10.9 Å². The van der Waals surface area contributed by atoms with Crippen LogP contribution in [0.25, 0.3) is 0 Å². The molecule has 2 rings (SSSR count). The zero-order chi connectivity index (χ0) is 15.5. The molecule has 0 radical (unpaired) electrons. The fourth-order valence-corrected chi connectivity index (χ4v) is 2.79. The Morgan fingerprint density at radius 1 is 1.24 bits per heavy atom. The molecule has 0 unspecified atom stereocenters. The minimum Gasteiger partial charge on any atom is -0.486 e. The van der Waals surface area contributed by atoms with Gasteiger partial charge in [-0.3, -0.25) is 0 Å². The molecular formula is C14H15ClN2O3S. The SMILES string of the molecule is CN(C)S(=O)(=O)c1cccc(COc2cccnc2Cl)c1. The lowest BCUT2D eigenvalue weighted by Crippen LogP contribution is -2.22. The summed E-state index contributed by atoms with van der Waals surface area (Å²) in [5.41, 5.74) is 0.734. The highest BCUT2D eigenvalue weighted by Gasteiger charge is 2.17. The zero-order valence-corrected chi connectivity index (χ0v) is 13.2. The van der Waals surface area contributed by atoms with Crippen LogP contribution in [0.15, 0.2) is 47.5 Å². The first-order valence-electron chi connectivity index (χ1n) is 6.16. The highest BCUT2D eigenvalue weighted by atomic mass is 35.5. The van der Waals surface area contributed by atoms with E-state index in [-0.39, 0.29) is 16.7 Å². The Bertz CT molecular complexity index is 733. The van der Waals surface area contributed by atoms with E-state index in [9.17, 15) is 8.42 Å². The van der Waals surface area contributed by atoms with Gasteiger partial charge in [0.1, 0.15) is 6.61 Å². The highest BCUT2D eigenvalue weighted by molar-refractivity contribution is 7.89. The van der Waals surface area contributed by atoms with E-state index < -0.39 is 10.0 Å². The average molecular weight is 327 g/mol. The van der Waals surface area contributed by atoms with E-state index in [2.05, 4.69) is 4.98 Å². The normalized spacial score (nSPS) is 11.6. The Labute approximate surface area is 129 Å². The predicted molar refractivity (Wildman–Crippen MR) is 80.9 cm³/mol. The first-order valence-corrected chi connectivity index (χ1v) is 7.98. The molecule has 0 spiro atoms. The number of ether oxygens (including phenoxy) is 1. The summed E-state index contributed by atoms with van der Waals surface area (Å²) in [7, 11) is -0.463. The van der Waals surface area contributed by atoms with Gasteiger partial charge in [-0.05, 0) is 29.8 Å². The summed E-state index contributed by atoms with van der Waals surface area (Å²) in [5.74, 6) is 0.458. The Hall–Kier alpha value is -1.63. The number of sulfonamides is 1. The van der Waals surface area contributed by atoms with Crippen LogP contribution in [0.3, 0.4) is 0 Å². The van der Waals surface area contributed by atoms with E-state index in [4.69, 9.17) is 16.3 Å². The van der Waals surface area contributed by atoms with Crippen molar-refractivity contribution in [3.05, 3.63) is 53.3 Å². The largest absolute Gasteiger partial charge is 0.486 e. The molecule has 0 aliphatic carbocycles. The molecule has 0 N–H and O–H groups in total. The molecule has 21 heavy (non-hydrogen) atoms. The molecule has 0 aliphatic heterocycles. The van der Waals surface area contributed by atoms with Gasteiger partial charge in [0.05, 0.1) is 4.90 Å². The summed E-state index contributed by atoms with van der Waals surface area (Å²) in [5, 5.41) is 0.273. The monoisotopic (exact) mass is 326 g/mol. The summed E-state index contributed by atoms with van der Waals surface area (Å²) < 4.78 is 30.9. The number of aromatic nitrogens is 1. The quantitative estimate of drug-likeness (QED) is 0.792. The number of hydrogen-bond acceptors (Lipinski definition) is 4. The molecule has 1 aromatic heterocycles. The summed E-state index contributed by atoms with van der Waals surface area (Å²) >= 11 is 5.90. The number of nitrogens with zero attached hydrogens (tertiary/aromatic N) is 2. The van der Waals surface area contributed by atoms with E-state index in [0.29, 0.717) is 5.75 Å². The molecular weight excluding hydrogens is 312 g/mol. The second-order valence-electron chi connectivity index (χ2n) is 4.52. The van der Waals surface area contributed by atoms with Crippen LogP contribution < -0.4 is 4.74 Å². The lowest BCUT2D eigenvalue weighted by molar-refractivity contribution is 0.305. The smallest absolute Gasteiger partial charge is 0.242 e. The van der Waals surface area contributed by atoms with Crippen LogP contribution >= 0.6 is 11.6 Å². The van der Waals surface area contributed by atoms with Crippen molar-refractivity contribution >= 4 is 21.6 Å². The fraction of sp³-hybridized carbons (Fsp3) is 0.214. The van der Waals surface area contributed by atoms with Crippen molar-refractivity contribution in [1.82, 2.24) is 9.29 Å². The van der Waals surface area contributed by atoms with Crippen molar-refractivity contribution in [3.8, 4) is 5.75 Å². The van der Waals surface area contributed by atoms with E-state index in [1.54, 1.807) is 42.6 Å². The lowest BCUT2D eigenvalue weighted by atomic mass is 10.2. The van der Waals surface area contributed by atoms with Crippen LogP contribution in [0, 0.1) is 0 Å². The molecule has 0 fully saturated rings. The molecule has 0 saturated carbocycles. The predicted octanol–water partition coefficient (Wildman–Crippen LogP) is 2.56. The van der Waals surface area contributed by atoms with E-state index in [1.807, 2.05) is 0 Å². The third kappa shape index (κ3) is 3.72. The topological polar surface area (TPSA) is 59.5 Å². The zero-order valence-electron chi connectivity index (χ0n) is 11.7. The number of hydrogen-bond donors (Lipinski definition) is 0. The van der Waals surface area contributed by atoms with E-state index >= 15 is 0 Å². The van der Waals surface area contributed by atoms with Gasteiger partial charge in [0.2, 0.25) is 10.0 Å². The maximum absolute atomic E-state index is 12.1. The summed E-state index contributed by atoms with van der Waals surface area (Å²) in [4.78, 5) is 4.14. The van der Waals surface area contributed by atoms with E-state index in [0.717, 1.165) is 5.56 Å². The van der Waals surface area contributed by atoms with Crippen LogP contribution in [-0.4, -0.2) is 31.8 Å². The molecule has 0 amide bonds. The number of pyridine rings is 1. The molecule has 1 heterocycles. The lowest BCUT2D eigenvalue weighted by Gasteiger charge is -2.12. The van der Waals surface area contributed by atoms with Crippen LogP contribution in [0.2, 0.25) is 5.15 Å². The Morgan fingerprint density at radius 2 is 2.00 bits per heavy atom. The van der Waals surface area contributed by atoms with Crippen molar-refractivity contribution < 1.29 is 13.2 Å². The molecule has 0 saturated heterocycles. The van der Waals surface area contributed by atoms with Gasteiger partial charge in [-0.2, -0.15) is 0 Å². The number of rotatable bonds is 5. The summed E-state index contributed by atoms with van der Waals surface area (Å²) in [6, 6.07) is 10.0. The second-order valence-corrected chi connectivity index (χ2v) is 7.03. The van der Waals surface area contributed by atoms with Gasteiger partial charge in [0, 0.05) is 20.3 Å². The highest BCUT2D eigenvalue weighted by Crippen LogP contribution is 2.22. The third-order valence-electron chi connectivity index (χ3n) is 2.80. The van der Waals surface area contributed by atoms with Crippen LogP contribution in [0.1, 0.15) is 5.56 Å². The van der Waals surface area contributed by atoms with Gasteiger partial charge in [0.25, 0.3) is 0 Å². The Balaban J connectivity index is 2.18. The number of benzene rings is 1.